The third-order valence-corrected chi connectivity index (χ3v) is 11.3. The van der Waals surface area contributed by atoms with Gasteiger partial charge in [0.25, 0.3) is 0 Å². The van der Waals surface area contributed by atoms with Crippen LogP contribution < -0.4 is 5.32 Å². The Bertz CT molecular complexity index is 1390. The molecule has 4 aliphatic heterocycles. The molecule has 0 aromatic heterocycles. The van der Waals surface area contributed by atoms with Gasteiger partial charge in [0.2, 0.25) is 0 Å². The van der Waals surface area contributed by atoms with Gasteiger partial charge in [0, 0.05) is 23.2 Å². The zero-order chi connectivity index (χ0) is 27.3. The van der Waals surface area contributed by atoms with E-state index < -0.39 is 28.4 Å². The number of rotatable bonds is 5. The van der Waals surface area contributed by atoms with Crippen LogP contribution in [-0.2, 0) is 28.5 Å². The van der Waals surface area contributed by atoms with Crippen LogP contribution in [0.15, 0.2) is 29.3 Å². The van der Waals surface area contributed by atoms with Crippen molar-refractivity contribution in [1.82, 2.24) is 0 Å². The van der Waals surface area contributed by atoms with Crippen molar-refractivity contribution >= 4 is 17.6 Å². The second-order valence-electron chi connectivity index (χ2n) is 12.8. The van der Waals surface area contributed by atoms with E-state index >= 15 is 0 Å². The van der Waals surface area contributed by atoms with E-state index in [1.807, 2.05) is 13.8 Å². The first-order valence-electron chi connectivity index (χ1n) is 13.8. The van der Waals surface area contributed by atoms with E-state index in [-0.39, 0.29) is 59.4 Å². The first kappa shape index (κ1) is 24.2. The molecule has 1 aromatic carbocycles. The number of cyclic esters (lactones) is 1. The van der Waals surface area contributed by atoms with Crippen LogP contribution in [0.3, 0.4) is 0 Å². The number of phenolic OH excluding ortho intramolecular Hbond substituents is 1. The summed E-state index contributed by atoms with van der Waals surface area (Å²) in [4.78, 5) is 24.9. The number of phenols is 1. The molecule has 3 saturated heterocycles. The summed E-state index contributed by atoms with van der Waals surface area (Å²) < 4.78 is 30.3. The predicted octanol–water partition coefficient (Wildman–Crippen LogP) is 2.08. The summed E-state index contributed by atoms with van der Waals surface area (Å²) in [6, 6.07) is 4.42. The third kappa shape index (κ3) is 2.38. The van der Waals surface area contributed by atoms with Crippen LogP contribution in [0.25, 0.3) is 0 Å². The number of aliphatic hydroxyl groups is 1. The average Bonchev–Trinajstić information content (AvgIpc) is 3.81. The number of methoxy groups -OCH3 is 1. The number of nitrogens with one attached hydrogen (secondary N) is 1. The van der Waals surface area contributed by atoms with Gasteiger partial charge in [-0.05, 0) is 54.9 Å². The number of fused-ring (bicyclic) bond motifs is 4. The fraction of sp³-hybridized carbons (Fsp3) is 0.655. The maximum absolute atomic E-state index is 13.0. The number of hydrogen-bond donors (Lipinski definition) is 3. The highest BCUT2D eigenvalue weighted by Crippen LogP contribution is 2.85. The van der Waals surface area contributed by atoms with E-state index in [0.29, 0.717) is 25.1 Å². The van der Waals surface area contributed by atoms with Crippen molar-refractivity contribution in [3.05, 3.63) is 34.9 Å². The van der Waals surface area contributed by atoms with Gasteiger partial charge < -0.3 is 39.2 Å². The Morgan fingerprint density at radius 2 is 2.00 bits per heavy atom. The molecule has 1 aromatic rings. The molecule has 4 heterocycles. The lowest BCUT2D eigenvalue weighted by molar-refractivity contribution is -0.159. The minimum atomic E-state index is -1.49. The van der Waals surface area contributed by atoms with Crippen LogP contribution in [0.4, 0.5) is 5.69 Å². The zero-order valence-corrected chi connectivity index (χ0v) is 22.4. The summed E-state index contributed by atoms with van der Waals surface area (Å²) in [6.07, 6.45) is 1.22. The van der Waals surface area contributed by atoms with E-state index in [1.165, 1.54) is 19.2 Å². The summed E-state index contributed by atoms with van der Waals surface area (Å²) in [7, 11) is 1.28. The van der Waals surface area contributed by atoms with Crippen molar-refractivity contribution < 1.29 is 43.5 Å². The number of carbonyl (C=O) groups is 2. The summed E-state index contributed by atoms with van der Waals surface area (Å²) in [5.74, 6) is -0.857. The number of aromatic hydroxyl groups is 1. The number of hydrogen-bond acceptors (Lipinski definition) is 10. The fourth-order valence-corrected chi connectivity index (χ4v) is 9.54. The molecule has 2 spiro atoms. The highest BCUT2D eigenvalue weighted by atomic mass is 16.7. The highest BCUT2D eigenvalue weighted by Gasteiger charge is 3.04. The molecule has 9 atom stereocenters. The number of carbonyl (C=O) groups excluding carboxylic acids is 2. The first-order chi connectivity index (χ1) is 18.5. The smallest absolute Gasteiger partial charge is 0.340 e. The highest BCUT2D eigenvalue weighted by molar-refractivity contribution is 5.96. The Kier molecular flexibility index (Phi) is 4.32. The van der Waals surface area contributed by atoms with Gasteiger partial charge in [0.15, 0.2) is 5.60 Å². The van der Waals surface area contributed by atoms with Crippen LogP contribution in [-0.4, -0.2) is 83.1 Å². The van der Waals surface area contributed by atoms with Gasteiger partial charge in [-0.25, -0.2) is 9.59 Å². The number of ether oxygens (including phenoxy) is 5. The number of esters is 2. The van der Waals surface area contributed by atoms with Gasteiger partial charge in [-0.15, -0.1) is 0 Å². The van der Waals surface area contributed by atoms with Crippen LogP contribution in [0.5, 0.6) is 5.75 Å². The quantitative estimate of drug-likeness (QED) is 0.289. The molecule has 0 amide bonds. The molecule has 3 aliphatic carbocycles. The average molecular weight is 540 g/mol. The molecule has 0 bridgehead atoms. The topological polar surface area (TPSA) is 143 Å². The summed E-state index contributed by atoms with van der Waals surface area (Å²) in [5, 5.41) is 26.3. The van der Waals surface area contributed by atoms with Crippen molar-refractivity contribution in [1.29, 1.82) is 0 Å². The maximum atomic E-state index is 13.0. The Morgan fingerprint density at radius 3 is 2.74 bits per heavy atom. The molecular formula is C29H33NO9. The number of epoxide rings is 3. The molecule has 2 saturated carbocycles. The molecule has 8 rings (SSSR count). The first-order valence-corrected chi connectivity index (χ1v) is 13.8. The van der Waals surface area contributed by atoms with Crippen LogP contribution in [0.1, 0.15) is 50.4 Å². The minimum Gasteiger partial charge on any atom is -0.508 e. The summed E-state index contributed by atoms with van der Waals surface area (Å²) in [6.45, 7) is 6.66. The van der Waals surface area contributed by atoms with Crippen LogP contribution >= 0.6 is 0 Å². The molecule has 7 aliphatic rings. The summed E-state index contributed by atoms with van der Waals surface area (Å²) in [5.41, 5.74) is -2.09. The predicted molar refractivity (Wildman–Crippen MR) is 134 cm³/mol. The monoisotopic (exact) mass is 539 g/mol. The van der Waals surface area contributed by atoms with Crippen molar-refractivity contribution in [2.75, 3.05) is 25.6 Å². The second-order valence-corrected chi connectivity index (χ2v) is 12.8. The zero-order valence-electron chi connectivity index (χ0n) is 22.4. The lowest BCUT2D eigenvalue weighted by Gasteiger charge is -2.56. The SMILES string of the molecule is COC(=O)c1cc(O)ccc1NC[C@@]1(O)[C@]23O[C@H]2C[C@H]2C4=C(CC[C@]2(C)[C@@]32O[C@H]2[C@@H]2O[C@@]21C(C)C)C(=O)OC4. The van der Waals surface area contributed by atoms with Crippen molar-refractivity contribution in [2.24, 2.45) is 17.3 Å². The normalized spacial score (nSPS) is 47.6. The van der Waals surface area contributed by atoms with Gasteiger partial charge in [-0.1, -0.05) is 20.8 Å². The molecule has 0 unspecified atom stereocenters. The lowest BCUT2D eigenvalue weighted by atomic mass is 9.44. The molecule has 10 heteroatoms. The minimum absolute atomic E-state index is 0.0392. The Balaban J connectivity index is 1.22. The molecule has 10 nitrogen and oxygen atoms in total. The fourth-order valence-electron chi connectivity index (χ4n) is 9.54. The van der Waals surface area contributed by atoms with Gasteiger partial charge >= 0.3 is 11.9 Å². The van der Waals surface area contributed by atoms with E-state index in [2.05, 4.69) is 12.2 Å². The van der Waals surface area contributed by atoms with Crippen LogP contribution in [0, 0.1) is 17.3 Å². The molecule has 5 fully saturated rings. The Morgan fingerprint density at radius 1 is 1.21 bits per heavy atom. The lowest BCUT2D eigenvalue weighted by Crippen LogP contribution is -2.77. The maximum Gasteiger partial charge on any atom is 0.340 e. The standard InChI is InChI=1S/C29H33NO9/c1-13(2)27-21(38-27)22-29(39-22)25(3)8-7-15-17(11-36-24(15)33)18(25)10-20-28(29,37-20)26(27,34)12-30-19-6-5-14(31)9-16(19)23(32)35-4/h5-6,9,13,18,20-22,30-31,34H,7-8,10-12H2,1-4H3/t18-,20-,21-,22-,25-,26-,27-,28+,29+/m0/s1. The van der Waals surface area contributed by atoms with E-state index in [9.17, 15) is 19.8 Å². The molecule has 208 valence electrons. The summed E-state index contributed by atoms with van der Waals surface area (Å²) >= 11 is 0. The van der Waals surface area contributed by atoms with Crippen molar-refractivity contribution in [3.8, 4) is 5.75 Å². The third-order valence-electron chi connectivity index (χ3n) is 11.3. The Hall–Kier alpha value is -2.66. The van der Waals surface area contributed by atoms with Gasteiger partial charge in [0.1, 0.15) is 41.4 Å². The van der Waals surface area contributed by atoms with E-state index in [0.717, 1.165) is 17.6 Å². The second kappa shape index (κ2) is 6.97. The number of benzene rings is 1. The molecule has 0 radical (unpaired) electrons. The molecule has 39 heavy (non-hydrogen) atoms. The molecule has 3 N–H and O–H groups in total. The van der Waals surface area contributed by atoms with Gasteiger partial charge in [0.05, 0.1) is 18.8 Å². The molecular weight excluding hydrogens is 506 g/mol. The largest absolute Gasteiger partial charge is 0.508 e. The van der Waals surface area contributed by atoms with E-state index in [1.54, 1.807) is 6.07 Å². The van der Waals surface area contributed by atoms with Crippen molar-refractivity contribution in [2.45, 2.75) is 80.7 Å². The number of anilines is 1. The Labute approximate surface area is 225 Å². The van der Waals surface area contributed by atoms with Gasteiger partial charge in [-0.2, -0.15) is 0 Å². The van der Waals surface area contributed by atoms with Gasteiger partial charge in [-0.3, -0.25) is 0 Å². The van der Waals surface area contributed by atoms with Crippen LogP contribution in [0.2, 0.25) is 0 Å². The van der Waals surface area contributed by atoms with E-state index in [4.69, 9.17) is 23.7 Å². The van der Waals surface area contributed by atoms with Crippen molar-refractivity contribution in [3.63, 3.8) is 0 Å².